The van der Waals surface area contributed by atoms with Crippen molar-refractivity contribution in [3.05, 3.63) is 58.4 Å². The fourth-order valence-electron chi connectivity index (χ4n) is 2.15. The SMILES string of the molecule is COc1ccc(OC)c(CCNC(=O)c2cc(Cl)ccc2F)c1. The molecule has 0 fully saturated rings. The molecule has 122 valence electrons. The summed E-state index contributed by atoms with van der Waals surface area (Å²) in [6, 6.07) is 9.30. The van der Waals surface area contributed by atoms with E-state index in [1.807, 2.05) is 6.07 Å². The Labute approximate surface area is 139 Å². The van der Waals surface area contributed by atoms with Gasteiger partial charge in [-0.3, -0.25) is 4.79 Å². The van der Waals surface area contributed by atoms with Gasteiger partial charge in [0.25, 0.3) is 5.91 Å². The third-order valence-electron chi connectivity index (χ3n) is 3.34. The Bertz CT molecular complexity index is 706. The highest BCUT2D eigenvalue weighted by atomic mass is 35.5. The summed E-state index contributed by atoms with van der Waals surface area (Å²) in [7, 11) is 3.15. The van der Waals surface area contributed by atoms with Crippen molar-refractivity contribution in [1.29, 1.82) is 0 Å². The summed E-state index contributed by atoms with van der Waals surface area (Å²) < 4.78 is 24.1. The molecule has 0 aliphatic rings. The largest absolute Gasteiger partial charge is 0.497 e. The van der Waals surface area contributed by atoms with E-state index in [1.165, 1.54) is 18.2 Å². The number of halogens is 2. The zero-order valence-corrected chi connectivity index (χ0v) is 13.6. The second-order valence-electron chi connectivity index (χ2n) is 4.81. The van der Waals surface area contributed by atoms with Crippen molar-refractivity contribution in [3.63, 3.8) is 0 Å². The monoisotopic (exact) mass is 337 g/mol. The summed E-state index contributed by atoms with van der Waals surface area (Å²) in [5, 5.41) is 2.98. The Morgan fingerprint density at radius 3 is 2.65 bits per heavy atom. The van der Waals surface area contributed by atoms with Gasteiger partial charge in [-0.2, -0.15) is 0 Å². The summed E-state index contributed by atoms with van der Waals surface area (Å²) in [5.41, 5.74) is 0.814. The van der Waals surface area contributed by atoms with Gasteiger partial charge >= 0.3 is 0 Å². The highest BCUT2D eigenvalue weighted by molar-refractivity contribution is 6.31. The Kier molecular flexibility index (Phi) is 5.82. The van der Waals surface area contributed by atoms with E-state index in [1.54, 1.807) is 26.4 Å². The maximum absolute atomic E-state index is 13.6. The number of rotatable bonds is 6. The van der Waals surface area contributed by atoms with E-state index < -0.39 is 11.7 Å². The van der Waals surface area contributed by atoms with Crippen LogP contribution < -0.4 is 14.8 Å². The second-order valence-corrected chi connectivity index (χ2v) is 5.24. The first-order valence-electron chi connectivity index (χ1n) is 6.99. The van der Waals surface area contributed by atoms with Crippen LogP contribution in [0.15, 0.2) is 36.4 Å². The molecule has 4 nitrogen and oxygen atoms in total. The van der Waals surface area contributed by atoms with Gasteiger partial charge in [0.15, 0.2) is 0 Å². The zero-order valence-electron chi connectivity index (χ0n) is 12.9. The molecule has 0 saturated carbocycles. The summed E-state index contributed by atoms with van der Waals surface area (Å²) in [6.45, 7) is 0.328. The highest BCUT2D eigenvalue weighted by Crippen LogP contribution is 2.24. The minimum Gasteiger partial charge on any atom is -0.497 e. The number of nitrogens with one attached hydrogen (secondary N) is 1. The van der Waals surface area contributed by atoms with Crippen LogP contribution in [0, 0.1) is 5.82 Å². The maximum Gasteiger partial charge on any atom is 0.254 e. The van der Waals surface area contributed by atoms with Gasteiger partial charge in [-0.1, -0.05) is 11.6 Å². The van der Waals surface area contributed by atoms with Gasteiger partial charge in [-0.15, -0.1) is 0 Å². The maximum atomic E-state index is 13.6. The molecular formula is C17H17ClFNO3. The fraction of sp³-hybridized carbons (Fsp3) is 0.235. The van der Waals surface area contributed by atoms with Crippen molar-refractivity contribution in [2.24, 2.45) is 0 Å². The lowest BCUT2D eigenvalue weighted by atomic mass is 10.1. The molecule has 0 saturated heterocycles. The van der Waals surface area contributed by atoms with Gasteiger partial charge in [-0.25, -0.2) is 4.39 Å². The normalized spacial score (nSPS) is 10.3. The van der Waals surface area contributed by atoms with Crippen molar-refractivity contribution in [1.82, 2.24) is 5.32 Å². The van der Waals surface area contributed by atoms with Crippen LogP contribution in [0.2, 0.25) is 5.02 Å². The smallest absolute Gasteiger partial charge is 0.254 e. The molecule has 23 heavy (non-hydrogen) atoms. The molecule has 0 aliphatic carbocycles. The van der Waals surface area contributed by atoms with Crippen LogP contribution >= 0.6 is 11.6 Å². The van der Waals surface area contributed by atoms with Gasteiger partial charge in [0.2, 0.25) is 0 Å². The molecule has 2 aromatic rings. The van der Waals surface area contributed by atoms with Crippen molar-refractivity contribution < 1.29 is 18.7 Å². The summed E-state index contributed by atoms with van der Waals surface area (Å²) in [4.78, 5) is 12.0. The number of ether oxygens (including phenoxy) is 2. The van der Waals surface area contributed by atoms with Crippen molar-refractivity contribution >= 4 is 17.5 Å². The Morgan fingerprint density at radius 1 is 1.17 bits per heavy atom. The van der Waals surface area contributed by atoms with E-state index >= 15 is 0 Å². The molecule has 0 atom stereocenters. The van der Waals surface area contributed by atoms with Crippen LogP contribution in [0.4, 0.5) is 4.39 Å². The molecule has 1 amide bonds. The first-order chi connectivity index (χ1) is 11.0. The molecular weight excluding hydrogens is 321 g/mol. The van der Waals surface area contributed by atoms with Gasteiger partial charge in [0.1, 0.15) is 17.3 Å². The van der Waals surface area contributed by atoms with E-state index in [4.69, 9.17) is 21.1 Å². The topological polar surface area (TPSA) is 47.6 Å². The molecule has 6 heteroatoms. The number of carbonyl (C=O) groups excluding carboxylic acids is 1. The van der Waals surface area contributed by atoms with Gasteiger partial charge in [0.05, 0.1) is 19.8 Å². The van der Waals surface area contributed by atoms with Gasteiger partial charge < -0.3 is 14.8 Å². The fourth-order valence-corrected chi connectivity index (χ4v) is 2.33. The molecule has 1 N–H and O–H groups in total. The van der Waals surface area contributed by atoms with Crippen LogP contribution in [-0.4, -0.2) is 26.7 Å². The first kappa shape index (κ1) is 17.1. The van der Waals surface area contributed by atoms with Crippen LogP contribution in [0.5, 0.6) is 11.5 Å². The lowest BCUT2D eigenvalue weighted by Gasteiger charge is -2.11. The van der Waals surface area contributed by atoms with E-state index in [2.05, 4.69) is 5.32 Å². The van der Waals surface area contributed by atoms with E-state index in [9.17, 15) is 9.18 Å². The summed E-state index contributed by atoms with van der Waals surface area (Å²) in [5.74, 6) is 0.291. The minimum atomic E-state index is -0.606. The Morgan fingerprint density at radius 2 is 1.96 bits per heavy atom. The van der Waals surface area contributed by atoms with E-state index in [0.717, 1.165) is 5.56 Å². The first-order valence-corrected chi connectivity index (χ1v) is 7.37. The third-order valence-corrected chi connectivity index (χ3v) is 3.58. The Balaban J connectivity index is 2.02. The average Bonchev–Trinajstić information content (AvgIpc) is 2.56. The molecule has 0 heterocycles. The van der Waals surface area contributed by atoms with Gasteiger partial charge in [-0.05, 0) is 48.4 Å². The molecule has 2 aromatic carbocycles. The number of methoxy groups -OCH3 is 2. The van der Waals surface area contributed by atoms with Crippen LogP contribution in [0.3, 0.4) is 0 Å². The minimum absolute atomic E-state index is 0.0740. The van der Waals surface area contributed by atoms with Crippen molar-refractivity contribution in [2.75, 3.05) is 20.8 Å². The lowest BCUT2D eigenvalue weighted by molar-refractivity contribution is 0.0950. The predicted octanol–water partition coefficient (Wildman–Crippen LogP) is 3.47. The summed E-state index contributed by atoms with van der Waals surface area (Å²) in [6.07, 6.45) is 0.522. The third kappa shape index (κ3) is 4.36. The van der Waals surface area contributed by atoms with E-state index in [-0.39, 0.29) is 5.56 Å². The predicted molar refractivity (Wildman–Crippen MR) is 87.0 cm³/mol. The summed E-state index contributed by atoms with van der Waals surface area (Å²) >= 11 is 5.79. The number of carbonyl (C=O) groups is 1. The number of hydrogen-bond acceptors (Lipinski definition) is 3. The standard InChI is InChI=1S/C17H17ClFNO3/c1-22-13-4-6-16(23-2)11(9-13)7-8-20-17(21)14-10-12(18)3-5-15(14)19/h3-6,9-10H,7-8H2,1-2H3,(H,20,21). The van der Waals surface area contributed by atoms with Crippen LogP contribution in [0.1, 0.15) is 15.9 Å². The Hall–Kier alpha value is -2.27. The molecule has 0 aromatic heterocycles. The highest BCUT2D eigenvalue weighted by Gasteiger charge is 2.12. The average molecular weight is 338 g/mol. The number of benzene rings is 2. The van der Waals surface area contributed by atoms with Crippen molar-refractivity contribution in [2.45, 2.75) is 6.42 Å². The second kappa shape index (κ2) is 7.83. The molecule has 0 radical (unpaired) electrons. The lowest BCUT2D eigenvalue weighted by Crippen LogP contribution is -2.26. The van der Waals surface area contributed by atoms with Crippen LogP contribution in [-0.2, 0) is 6.42 Å². The van der Waals surface area contributed by atoms with Crippen molar-refractivity contribution in [3.8, 4) is 11.5 Å². The van der Waals surface area contributed by atoms with Gasteiger partial charge in [0, 0.05) is 11.6 Å². The molecule has 0 unspecified atom stereocenters. The quantitative estimate of drug-likeness (QED) is 0.878. The van der Waals surface area contributed by atoms with E-state index in [0.29, 0.717) is 29.5 Å². The van der Waals surface area contributed by atoms with Crippen LogP contribution in [0.25, 0.3) is 0 Å². The molecule has 0 spiro atoms. The number of amides is 1. The molecule has 0 aliphatic heterocycles. The zero-order chi connectivity index (χ0) is 16.8. The molecule has 0 bridgehead atoms. The molecule has 2 rings (SSSR count). The number of hydrogen-bond donors (Lipinski definition) is 1.